The molecule has 0 saturated heterocycles. The Kier molecular flexibility index (Phi) is 4.45. The summed E-state index contributed by atoms with van der Waals surface area (Å²) in [7, 11) is 0. The summed E-state index contributed by atoms with van der Waals surface area (Å²) in [6.07, 6.45) is 9.98. The summed E-state index contributed by atoms with van der Waals surface area (Å²) in [6, 6.07) is 0.644. The third-order valence-electron chi connectivity index (χ3n) is 3.66. The van der Waals surface area contributed by atoms with E-state index < -0.39 is 0 Å². The van der Waals surface area contributed by atoms with Gasteiger partial charge in [0.1, 0.15) is 0 Å². The van der Waals surface area contributed by atoms with Gasteiger partial charge in [-0.15, -0.1) is 0 Å². The lowest BCUT2D eigenvalue weighted by Gasteiger charge is -2.20. The highest BCUT2D eigenvalue weighted by Crippen LogP contribution is 2.33. The molecule has 88 valence electrons. The molecule has 0 amide bonds. The molecule has 0 aliphatic heterocycles. The maximum atomic E-state index is 6.00. The van der Waals surface area contributed by atoms with Gasteiger partial charge in [-0.3, -0.25) is 0 Å². The molecule has 1 atom stereocenters. The molecule has 0 aromatic carbocycles. The first-order valence-electron chi connectivity index (χ1n) is 6.75. The van der Waals surface area contributed by atoms with Crippen molar-refractivity contribution in [1.82, 2.24) is 5.32 Å². The van der Waals surface area contributed by atoms with Gasteiger partial charge in [0.15, 0.2) is 0 Å². The Morgan fingerprint density at radius 3 is 2.53 bits per heavy atom. The van der Waals surface area contributed by atoms with E-state index in [4.69, 9.17) is 4.74 Å². The second-order valence-corrected chi connectivity index (χ2v) is 5.14. The molecular formula is C13H25NO. The van der Waals surface area contributed by atoms with Gasteiger partial charge in [0.25, 0.3) is 0 Å². The van der Waals surface area contributed by atoms with Crippen LogP contribution < -0.4 is 5.32 Å². The van der Waals surface area contributed by atoms with Crippen LogP contribution in [0.1, 0.15) is 51.9 Å². The Morgan fingerprint density at radius 2 is 1.93 bits per heavy atom. The van der Waals surface area contributed by atoms with Crippen LogP contribution in [0.3, 0.4) is 0 Å². The van der Waals surface area contributed by atoms with Crippen LogP contribution in [0, 0.1) is 5.92 Å². The van der Waals surface area contributed by atoms with E-state index >= 15 is 0 Å². The first-order valence-corrected chi connectivity index (χ1v) is 6.75. The Hall–Kier alpha value is -0.0800. The predicted octanol–water partition coefficient (Wildman–Crippen LogP) is 2.72. The molecule has 0 aromatic rings. The minimum atomic E-state index is 0.578. The molecule has 2 nitrogen and oxygen atoms in total. The highest BCUT2D eigenvalue weighted by atomic mass is 16.5. The molecule has 0 spiro atoms. The van der Waals surface area contributed by atoms with E-state index in [1.165, 1.54) is 44.9 Å². The zero-order valence-corrected chi connectivity index (χ0v) is 10.0. The number of nitrogens with one attached hydrogen (secondary N) is 1. The summed E-state index contributed by atoms with van der Waals surface area (Å²) in [6.45, 7) is 4.33. The fourth-order valence-corrected chi connectivity index (χ4v) is 2.48. The monoisotopic (exact) mass is 211 g/mol. The molecule has 0 heterocycles. The third kappa shape index (κ3) is 3.76. The maximum absolute atomic E-state index is 6.00. The fourth-order valence-electron chi connectivity index (χ4n) is 2.48. The van der Waals surface area contributed by atoms with Gasteiger partial charge in [0.2, 0.25) is 0 Å². The first kappa shape index (κ1) is 11.4. The minimum Gasteiger partial charge on any atom is -0.377 e. The fraction of sp³-hybridized carbons (Fsp3) is 1.00. The smallest absolute Gasteiger partial charge is 0.0626 e. The summed E-state index contributed by atoms with van der Waals surface area (Å²) in [5, 5.41) is 3.63. The van der Waals surface area contributed by atoms with E-state index in [1.807, 2.05) is 0 Å². The van der Waals surface area contributed by atoms with E-state index in [1.54, 1.807) is 0 Å². The van der Waals surface area contributed by atoms with E-state index in [0.717, 1.165) is 19.1 Å². The van der Waals surface area contributed by atoms with Gasteiger partial charge in [0.05, 0.1) is 12.7 Å². The number of hydrogen-bond donors (Lipinski definition) is 1. The average Bonchev–Trinajstić information content (AvgIpc) is 2.95. The highest BCUT2D eigenvalue weighted by molar-refractivity contribution is 4.86. The van der Waals surface area contributed by atoms with E-state index in [-0.39, 0.29) is 0 Å². The van der Waals surface area contributed by atoms with Crippen molar-refractivity contribution in [2.45, 2.75) is 64.0 Å². The Labute approximate surface area is 93.8 Å². The molecule has 2 aliphatic carbocycles. The van der Waals surface area contributed by atoms with Gasteiger partial charge in [-0.1, -0.05) is 19.8 Å². The second-order valence-electron chi connectivity index (χ2n) is 5.14. The van der Waals surface area contributed by atoms with Crippen LogP contribution >= 0.6 is 0 Å². The van der Waals surface area contributed by atoms with Crippen LogP contribution in [0.5, 0.6) is 0 Å². The molecule has 1 unspecified atom stereocenters. The standard InChI is InChI=1S/C13H25NO/c1-2-9-14-13(11-7-8-11)10-15-12-5-3-4-6-12/h11-14H,2-10H2,1H3. The van der Waals surface area contributed by atoms with Crippen LogP contribution in [0.2, 0.25) is 0 Å². The second kappa shape index (κ2) is 5.86. The largest absolute Gasteiger partial charge is 0.377 e. The van der Waals surface area contributed by atoms with Gasteiger partial charge in [0, 0.05) is 6.04 Å². The van der Waals surface area contributed by atoms with Gasteiger partial charge < -0.3 is 10.1 Å². The molecule has 0 bridgehead atoms. The average molecular weight is 211 g/mol. The Bertz CT molecular complexity index is 173. The molecule has 0 radical (unpaired) electrons. The normalized spacial score (nSPS) is 24.6. The summed E-state index contributed by atoms with van der Waals surface area (Å²) >= 11 is 0. The van der Waals surface area contributed by atoms with Crippen molar-refractivity contribution in [3.05, 3.63) is 0 Å². The van der Waals surface area contributed by atoms with Crippen LogP contribution in [0.25, 0.3) is 0 Å². The van der Waals surface area contributed by atoms with Crippen molar-refractivity contribution in [1.29, 1.82) is 0 Å². The summed E-state index contributed by atoms with van der Waals surface area (Å²) in [5.74, 6) is 0.915. The van der Waals surface area contributed by atoms with Crippen LogP contribution in [0.15, 0.2) is 0 Å². The zero-order chi connectivity index (χ0) is 10.5. The lowest BCUT2D eigenvalue weighted by molar-refractivity contribution is 0.0390. The van der Waals surface area contributed by atoms with E-state index in [0.29, 0.717) is 12.1 Å². The first-order chi connectivity index (χ1) is 7.40. The molecule has 2 aliphatic rings. The molecule has 2 rings (SSSR count). The highest BCUT2D eigenvalue weighted by Gasteiger charge is 2.31. The SMILES string of the molecule is CCCNC(COC1CCCC1)C1CC1. The van der Waals surface area contributed by atoms with Gasteiger partial charge >= 0.3 is 0 Å². The maximum Gasteiger partial charge on any atom is 0.0626 e. The van der Waals surface area contributed by atoms with Crippen LogP contribution in [-0.2, 0) is 4.74 Å². The predicted molar refractivity (Wildman–Crippen MR) is 63.0 cm³/mol. The molecule has 2 fully saturated rings. The van der Waals surface area contributed by atoms with Crippen molar-refractivity contribution >= 4 is 0 Å². The minimum absolute atomic E-state index is 0.578. The van der Waals surface area contributed by atoms with Gasteiger partial charge in [-0.2, -0.15) is 0 Å². The summed E-state index contributed by atoms with van der Waals surface area (Å²) < 4.78 is 6.00. The van der Waals surface area contributed by atoms with Gasteiger partial charge in [-0.25, -0.2) is 0 Å². The van der Waals surface area contributed by atoms with Crippen LogP contribution in [-0.4, -0.2) is 25.3 Å². The molecule has 2 saturated carbocycles. The van der Waals surface area contributed by atoms with Crippen molar-refractivity contribution in [3.63, 3.8) is 0 Å². The van der Waals surface area contributed by atoms with Gasteiger partial charge in [-0.05, 0) is 44.6 Å². The lowest BCUT2D eigenvalue weighted by Crippen LogP contribution is -2.37. The quantitative estimate of drug-likeness (QED) is 0.699. The van der Waals surface area contributed by atoms with Crippen LogP contribution in [0.4, 0.5) is 0 Å². The van der Waals surface area contributed by atoms with E-state index in [2.05, 4.69) is 12.2 Å². The van der Waals surface area contributed by atoms with Crippen molar-refractivity contribution in [2.24, 2.45) is 5.92 Å². The molecule has 0 aromatic heterocycles. The van der Waals surface area contributed by atoms with Crippen molar-refractivity contribution in [3.8, 4) is 0 Å². The Morgan fingerprint density at radius 1 is 1.20 bits per heavy atom. The summed E-state index contributed by atoms with van der Waals surface area (Å²) in [5.41, 5.74) is 0. The van der Waals surface area contributed by atoms with E-state index in [9.17, 15) is 0 Å². The molecular weight excluding hydrogens is 186 g/mol. The third-order valence-corrected chi connectivity index (χ3v) is 3.66. The topological polar surface area (TPSA) is 21.3 Å². The number of rotatable bonds is 7. The van der Waals surface area contributed by atoms with Crippen molar-refractivity contribution in [2.75, 3.05) is 13.2 Å². The Balaban J connectivity index is 1.64. The molecule has 2 heteroatoms. The number of ether oxygens (including phenoxy) is 1. The summed E-state index contributed by atoms with van der Waals surface area (Å²) in [4.78, 5) is 0. The zero-order valence-electron chi connectivity index (χ0n) is 10.0. The number of hydrogen-bond acceptors (Lipinski definition) is 2. The lowest BCUT2D eigenvalue weighted by atomic mass is 10.2. The molecule has 1 N–H and O–H groups in total. The van der Waals surface area contributed by atoms with Crippen molar-refractivity contribution < 1.29 is 4.74 Å². The molecule has 15 heavy (non-hydrogen) atoms.